The molecule has 0 bridgehead atoms. The molecule has 0 atom stereocenters. The van der Waals surface area contributed by atoms with E-state index in [1.165, 1.54) is 4.90 Å². The minimum absolute atomic E-state index is 0.237. The summed E-state index contributed by atoms with van der Waals surface area (Å²) in [7, 11) is 3.23. The third-order valence-electron chi connectivity index (χ3n) is 1.95. The number of aromatic nitrogens is 1. The molecule has 7 heteroatoms. The quantitative estimate of drug-likeness (QED) is 0.546. The minimum Gasteiger partial charge on any atom is -0.500 e. The van der Waals surface area contributed by atoms with E-state index < -0.39 is 21.9 Å². The van der Waals surface area contributed by atoms with Crippen LogP contribution in [0.3, 0.4) is 0 Å². The number of nitro groups is 1. The maximum Gasteiger partial charge on any atom is 0.377 e. The van der Waals surface area contributed by atoms with Crippen LogP contribution in [-0.2, 0) is 0 Å². The highest BCUT2D eigenvalue weighted by Crippen LogP contribution is 2.33. The van der Waals surface area contributed by atoms with E-state index in [2.05, 4.69) is 4.98 Å². The highest BCUT2D eigenvalue weighted by atomic mass is 16.6. The molecule has 1 aromatic heterocycles. The first-order valence-corrected chi connectivity index (χ1v) is 4.13. The standard InChI is InChI=1S/C8H11N3O4/c1-4-5(10(2)3)7(12)6(11(14)15)8(13)9-4/h1-3H3,(H2,9,12,13). The molecule has 82 valence electrons. The summed E-state index contributed by atoms with van der Waals surface area (Å²) in [6, 6.07) is 0. The normalized spacial score (nSPS) is 10.1. The fraction of sp³-hybridized carbons (Fsp3) is 0.375. The monoisotopic (exact) mass is 213 g/mol. The molecule has 0 aromatic carbocycles. The number of nitrogens with one attached hydrogen (secondary N) is 1. The van der Waals surface area contributed by atoms with Crippen LogP contribution in [0.5, 0.6) is 5.75 Å². The highest BCUT2D eigenvalue weighted by Gasteiger charge is 2.25. The molecular formula is C8H11N3O4. The summed E-state index contributed by atoms with van der Waals surface area (Å²) >= 11 is 0. The van der Waals surface area contributed by atoms with Gasteiger partial charge in [-0.25, -0.2) is 0 Å². The summed E-state index contributed by atoms with van der Waals surface area (Å²) < 4.78 is 0. The SMILES string of the molecule is Cc1[nH]c(=O)c([N+](=O)[O-])c(O)c1N(C)C. The molecule has 1 rings (SSSR count). The average molecular weight is 213 g/mol. The van der Waals surface area contributed by atoms with Crippen molar-refractivity contribution in [1.82, 2.24) is 4.98 Å². The van der Waals surface area contributed by atoms with Crippen molar-refractivity contribution >= 4 is 11.4 Å². The van der Waals surface area contributed by atoms with Gasteiger partial charge in [0.2, 0.25) is 5.75 Å². The molecule has 15 heavy (non-hydrogen) atoms. The second kappa shape index (κ2) is 3.60. The molecule has 0 saturated carbocycles. The third-order valence-corrected chi connectivity index (χ3v) is 1.95. The number of H-pyrrole nitrogens is 1. The number of hydrogen-bond donors (Lipinski definition) is 2. The molecule has 0 radical (unpaired) electrons. The fourth-order valence-electron chi connectivity index (χ4n) is 1.40. The van der Waals surface area contributed by atoms with Gasteiger partial charge in [0.1, 0.15) is 5.69 Å². The number of hydrogen-bond acceptors (Lipinski definition) is 5. The van der Waals surface area contributed by atoms with Crippen molar-refractivity contribution in [3.05, 3.63) is 26.2 Å². The molecule has 1 heterocycles. The zero-order valence-electron chi connectivity index (χ0n) is 8.57. The van der Waals surface area contributed by atoms with Crippen molar-refractivity contribution in [3.8, 4) is 5.75 Å². The molecular weight excluding hydrogens is 202 g/mol. The van der Waals surface area contributed by atoms with Gasteiger partial charge in [0, 0.05) is 19.8 Å². The summed E-state index contributed by atoms with van der Waals surface area (Å²) in [4.78, 5) is 24.6. The second-order valence-corrected chi connectivity index (χ2v) is 3.28. The molecule has 0 fully saturated rings. The Morgan fingerprint density at radius 1 is 1.47 bits per heavy atom. The van der Waals surface area contributed by atoms with Crippen molar-refractivity contribution in [2.45, 2.75) is 6.92 Å². The number of anilines is 1. The lowest BCUT2D eigenvalue weighted by Crippen LogP contribution is -2.18. The van der Waals surface area contributed by atoms with E-state index in [0.717, 1.165) is 0 Å². The van der Waals surface area contributed by atoms with Crippen LogP contribution in [-0.4, -0.2) is 29.1 Å². The number of rotatable bonds is 2. The van der Waals surface area contributed by atoms with E-state index in [9.17, 15) is 20.0 Å². The first kappa shape index (κ1) is 11.0. The maximum atomic E-state index is 11.2. The van der Waals surface area contributed by atoms with Gasteiger partial charge in [-0.3, -0.25) is 14.9 Å². The first-order valence-electron chi connectivity index (χ1n) is 4.13. The van der Waals surface area contributed by atoms with Crippen LogP contribution in [0.15, 0.2) is 4.79 Å². The lowest BCUT2D eigenvalue weighted by Gasteiger charge is -2.15. The smallest absolute Gasteiger partial charge is 0.377 e. The molecule has 0 saturated heterocycles. The summed E-state index contributed by atoms with van der Waals surface area (Å²) in [6.45, 7) is 1.56. The van der Waals surface area contributed by atoms with Gasteiger partial charge in [-0.1, -0.05) is 0 Å². The van der Waals surface area contributed by atoms with Crippen LogP contribution in [0.2, 0.25) is 0 Å². The number of aromatic hydroxyl groups is 1. The van der Waals surface area contributed by atoms with E-state index in [1.807, 2.05) is 0 Å². The summed E-state index contributed by atoms with van der Waals surface area (Å²) in [5.41, 5.74) is -1.11. The lowest BCUT2D eigenvalue weighted by atomic mass is 10.2. The number of aromatic amines is 1. The zero-order valence-corrected chi connectivity index (χ0v) is 8.57. The van der Waals surface area contributed by atoms with Gasteiger partial charge in [-0.05, 0) is 6.92 Å². The average Bonchev–Trinajstić information content (AvgIpc) is 1.99. The Labute approximate surface area is 85.1 Å². The van der Waals surface area contributed by atoms with Gasteiger partial charge >= 0.3 is 11.2 Å². The number of nitrogens with zero attached hydrogens (tertiary/aromatic N) is 2. The summed E-state index contributed by atoms with van der Waals surface area (Å²) in [5, 5.41) is 20.1. The Bertz CT molecular complexity index is 464. The van der Waals surface area contributed by atoms with Gasteiger partial charge in [-0.15, -0.1) is 0 Å². The van der Waals surface area contributed by atoms with Crippen molar-refractivity contribution in [3.63, 3.8) is 0 Å². The lowest BCUT2D eigenvalue weighted by molar-refractivity contribution is -0.387. The first-order chi connectivity index (χ1) is 6.86. The Hall–Kier alpha value is -2.05. The van der Waals surface area contributed by atoms with Gasteiger partial charge < -0.3 is 15.0 Å². The van der Waals surface area contributed by atoms with Gasteiger partial charge in [0.05, 0.1) is 4.92 Å². The predicted octanol–water partition coefficient (Wildman–Crippen LogP) is 0.363. The van der Waals surface area contributed by atoms with Gasteiger partial charge in [0.15, 0.2) is 0 Å². The topological polar surface area (TPSA) is 99.5 Å². The maximum absolute atomic E-state index is 11.2. The molecule has 0 aliphatic heterocycles. The van der Waals surface area contributed by atoms with Crippen LogP contribution in [0.1, 0.15) is 5.69 Å². The molecule has 0 amide bonds. The van der Waals surface area contributed by atoms with Crippen molar-refractivity contribution in [2.24, 2.45) is 0 Å². The molecule has 0 aliphatic carbocycles. The molecule has 0 unspecified atom stereocenters. The van der Waals surface area contributed by atoms with Crippen LogP contribution >= 0.6 is 0 Å². The van der Waals surface area contributed by atoms with Gasteiger partial charge in [-0.2, -0.15) is 0 Å². The van der Waals surface area contributed by atoms with E-state index >= 15 is 0 Å². The Balaban J connectivity index is 3.64. The molecule has 2 N–H and O–H groups in total. The summed E-state index contributed by atoms with van der Waals surface area (Å²) in [6.07, 6.45) is 0. The fourth-order valence-corrected chi connectivity index (χ4v) is 1.40. The van der Waals surface area contributed by atoms with E-state index in [-0.39, 0.29) is 5.69 Å². The minimum atomic E-state index is -0.902. The second-order valence-electron chi connectivity index (χ2n) is 3.28. The molecule has 0 aliphatic rings. The number of aryl methyl sites for hydroxylation is 1. The van der Waals surface area contributed by atoms with E-state index in [1.54, 1.807) is 21.0 Å². The highest BCUT2D eigenvalue weighted by molar-refractivity contribution is 5.67. The number of pyridine rings is 1. The Kier molecular flexibility index (Phi) is 2.65. The Morgan fingerprint density at radius 2 is 2.00 bits per heavy atom. The van der Waals surface area contributed by atoms with E-state index in [4.69, 9.17) is 0 Å². The molecule has 0 spiro atoms. The van der Waals surface area contributed by atoms with Crippen molar-refractivity contribution in [1.29, 1.82) is 0 Å². The third kappa shape index (κ3) is 1.76. The predicted molar refractivity (Wildman–Crippen MR) is 54.4 cm³/mol. The van der Waals surface area contributed by atoms with Crippen LogP contribution in [0.4, 0.5) is 11.4 Å². The molecule has 1 aromatic rings. The van der Waals surface area contributed by atoms with Crippen molar-refractivity contribution in [2.75, 3.05) is 19.0 Å². The van der Waals surface area contributed by atoms with E-state index in [0.29, 0.717) is 5.69 Å². The van der Waals surface area contributed by atoms with Crippen LogP contribution in [0, 0.1) is 17.0 Å². The van der Waals surface area contributed by atoms with Crippen molar-refractivity contribution < 1.29 is 10.0 Å². The molecule has 7 nitrogen and oxygen atoms in total. The van der Waals surface area contributed by atoms with Crippen LogP contribution < -0.4 is 10.5 Å². The zero-order chi connectivity index (χ0) is 11.7. The van der Waals surface area contributed by atoms with Gasteiger partial charge in [0.25, 0.3) is 0 Å². The largest absolute Gasteiger partial charge is 0.500 e. The summed E-state index contributed by atoms with van der Waals surface area (Å²) in [5.74, 6) is -0.605. The van der Waals surface area contributed by atoms with Crippen LogP contribution in [0.25, 0.3) is 0 Å². The Morgan fingerprint density at radius 3 is 2.40 bits per heavy atom.